The van der Waals surface area contributed by atoms with Gasteiger partial charge in [-0.15, -0.1) is 0 Å². The second-order valence-electron chi connectivity index (χ2n) is 2.66. The molecular weight excluding hydrogens is 239 g/mol. The van der Waals surface area contributed by atoms with Crippen LogP contribution in [0.1, 0.15) is 17.8 Å². The van der Waals surface area contributed by atoms with Gasteiger partial charge in [-0.25, -0.2) is 13.8 Å². The maximum atomic E-state index is 12.2. The largest absolute Gasteiger partial charge is 0.440 e. The summed E-state index contributed by atoms with van der Waals surface area (Å²) in [4.78, 5) is 11.4. The van der Waals surface area contributed by atoms with Crippen LogP contribution in [0.5, 0.6) is 0 Å². The van der Waals surface area contributed by atoms with Gasteiger partial charge >= 0.3 is 6.18 Å². The van der Waals surface area contributed by atoms with Crippen LogP contribution in [-0.2, 0) is 6.18 Å². The first kappa shape index (κ1) is 12.3. The van der Waals surface area contributed by atoms with E-state index < -0.39 is 34.6 Å². The van der Waals surface area contributed by atoms with Gasteiger partial charge in [0, 0.05) is 6.07 Å². The summed E-state index contributed by atoms with van der Waals surface area (Å²) in [5.41, 5.74) is -4.43. The Hall–Kier alpha value is -1.80. The molecular formula is C7H3F5N2O2. The van der Waals surface area contributed by atoms with Crippen molar-refractivity contribution in [1.29, 1.82) is 0 Å². The van der Waals surface area contributed by atoms with Gasteiger partial charge in [0.1, 0.15) is 5.69 Å². The number of nitro groups is 1. The summed E-state index contributed by atoms with van der Waals surface area (Å²) < 4.78 is 60.9. The molecule has 0 N–H and O–H groups in total. The Labute approximate surface area is 84.9 Å². The van der Waals surface area contributed by atoms with Crippen LogP contribution in [0.3, 0.4) is 0 Å². The lowest BCUT2D eigenvalue weighted by Crippen LogP contribution is -2.13. The minimum Gasteiger partial charge on any atom is -0.258 e. The number of pyridine rings is 1. The standard InChI is InChI=1S/C7H3F5N2O2/c8-6(9)3-1-2-4(14(15)16)5(13-3)7(10,11)12/h1-2,6H. The van der Waals surface area contributed by atoms with Gasteiger partial charge in [-0.1, -0.05) is 0 Å². The van der Waals surface area contributed by atoms with E-state index in [2.05, 4.69) is 4.98 Å². The fraction of sp³-hybridized carbons (Fsp3) is 0.286. The molecule has 0 aliphatic carbocycles. The molecule has 0 bridgehead atoms. The molecule has 0 unspecified atom stereocenters. The molecule has 0 saturated carbocycles. The third-order valence-corrected chi connectivity index (χ3v) is 1.58. The summed E-state index contributed by atoms with van der Waals surface area (Å²) >= 11 is 0. The van der Waals surface area contributed by atoms with Crippen LogP contribution >= 0.6 is 0 Å². The van der Waals surface area contributed by atoms with Crippen molar-refractivity contribution in [2.24, 2.45) is 0 Å². The van der Waals surface area contributed by atoms with Gasteiger partial charge in [-0.2, -0.15) is 13.2 Å². The summed E-state index contributed by atoms with van der Waals surface area (Å²) in [5, 5.41) is 10.2. The molecule has 0 atom stereocenters. The highest BCUT2D eigenvalue weighted by Crippen LogP contribution is 2.35. The fourth-order valence-corrected chi connectivity index (χ4v) is 0.944. The minimum absolute atomic E-state index is 0.358. The van der Waals surface area contributed by atoms with E-state index in [1.807, 2.05) is 0 Å². The number of nitrogens with zero attached hydrogens (tertiary/aromatic N) is 2. The van der Waals surface area contributed by atoms with Crippen molar-refractivity contribution in [3.63, 3.8) is 0 Å². The number of halogens is 5. The maximum Gasteiger partial charge on any atom is 0.440 e. The van der Waals surface area contributed by atoms with E-state index in [1.165, 1.54) is 0 Å². The summed E-state index contributed by atoms with van der Waals surface area (Å²) in [6, 6.07) is 0.843. The lowest BCUT2D eigenvalue weighted by molar-refractivity contribution is -0.388. The van der Waals surface area contributed by atoms with Gasteiger partial charge in [0.2, 0.25) is 5.69 Å². The highest BCUT2D eigenvalue weighted by molar-refractivity contribution is 5.38. The minimum atomic E-state index is -5.15. The van der Waals surface area contributed by atoms with Crippen molar-refractivity contribution in [2.75, 3.05) is 0 Å². The molecule has 0 aliphatic rings. The lowest BCUT2D eigenvalue weighted by atomic mass is 10.2. The number of hydrogen-bond donors (Lipinski definition) is 0. The lowest BCUT2D eigenvalue weighted by Gasteiger charge is -2.07. The Morgan fingerprint density at radius 2 is 1.88 bits per heavy atom. The zero-order valence-electron chi connectivity index (χ0n) is 7.33. The SMILES string of the molecule is O=[N+]([O-])c1ccc(C(F)F)nc1C(F)(F)F. The first-order valence-electron chi connectivity index (χ1n) is 3.74. The summed E-state index contributed by atoms with van der Waals surface area (Å²) in [6.45, 7) is 0. The monoisotopic (exact) mass is 242 g/mol. The van der Waals surface area contributed by atoms with Crippen molar-refractivity contribution in [2.45, 2.75) is 12.6 Å². The van der Waals surface area contributed by atoms with Crippen LogP contribution < -0.4 is 0 Å². The molecule has 0 saturated heterocycles. The molecule has 4 nitrogen and oxygen atoms in total. The van der Waals surface area contributed by atoms with E-state index in [-0.39, 0.29) is 0 Å². The molecule has 1 rings (SSSR count). The van der Waals surface area contributed by atoms with Crippen LogP contribution in [0.2, 0.25) is 0 Å². The molecule has 9 heteroatoms. The Bertz CT molecular complexity index is 418. The number of aromatic nitrogens is 1. The van der Waals surface area contributed by atoms with Crippen molar-refractivity contribution < 1.29 is 26.9 Å². The smallest absolute Gasteiger partial charge is 0.258 e. The van der Waals surface area contributed by atoms with Gasteiger partial charge in [0.25, 0.3) is 12.1 Å². The number of hydrogen-bond acceptors (Lipinski definition) is 3. The summed E-state index contributed by atoms with van der Waals surface area (Å²) in [7, 11) is 0. The van der Waals surface area contributed by atoms with Crippen LogP contribution in [0, 0.1) is 10.1 Å². The van der Waals surface area contributed by atoms with E-state index >= 15 is 0 Å². The highest BCUT2D eigenvalue weighted by atomic mass is 19.4. The number of alkyl halides is 5. The van der Waals surface area contributed by atoms with Gasteiger partial charge < -0.3 is 0 Å². The normalized spacial score (nSPS) is 11.9. The zero-order chi connectivity index (χ0) is 12.5. The van der Waals surface area contributed by atoms with Crippen molar-refractivity contribution in [1.82, 2.24) is 4.98 Å². The molecule has 16 heavy (non-hydrogen) atoms. The average molecular weight is 242 g/mol. The third-order valence-electron chi connectivity index (χ3n) is 1.58. The molecule has 0 radical (unpaired) electrons. The third kappa shape index (κ3) is 2.41. The number of rotatable bonds is 2. The Balaban J connectivity index is 3.39. The zero-order valence-corrected chi connectivity index (χ0v) is 7.33. The van der Waals surface area contributed by atoms with E-state index in [9.17, 15) is 32.1 Å². The van der Waals surface area contributed by atoms with Crippen LogP contribution in [0.15, 0.2) is 12.1 Å². The highest BCUT2D eigenvalue weighted by Gasteiger charge is 2.41. The van der Waals surface area contributed by atoms with E-state index in [1.54, 1.807) is 0 Å². The average Bonchev–Trinajstić information content (AvgIpc) is 2.15. The van der Waals surface area contributed by atoms with Gasteiger partial charge in [-0.3, -0.25) is 10.1 Å². The summed E-state index contributed by atoms with van der Waals surface area (Å²) in [6.07, 6.45) is -8.37. The van der Waals surface area contributed by atoms with Crippen LogP contribution in [0.25, 0.3) is 0 Å². The first-order valence-corrected chi connectivity index (χ1v) is 3.74. The van der Waals surface area contributed by atoms with Crippen molar-refractivity contribution >= 4 is 5.69 Å². The predicted octanol–water partition coefficient (Wildman–Crippen LogP) is 2.95. The molecule has 1 aromatic rings. The molecule has 0 aromatic carbocycles. The van der Waals surface area contributed by atoms with Crippen molar-refractivity contribution in [3.05, 3.63) is 33.6 Å². The van der Waals surface area contributed by atoms with Crippen LogP contribution in [-0.4, -0.2) is 9.91 Å². The maximum absolute atomic E-state index is 12.2. The second-order valence-corrected chi connectivity index (χ2v) is 2.66. The Kier molecular flexibility index (Phi) is 3.06. The first-order chi connectivity index (χ1) is 7.23. The van der Waals surface area contributed by atoms with Gasteiger partial charge in [-0.05, 0) is 6.07 Å². The van der Waals surface area contributed by atoms with E-state index in [0.717, 1.165) is 0 Å². The van der Waals surface area contributed by atoms with Crippen molar-refractivity contribution in [3.8, 4) is 0 Å². The second kappa shape index (κ2) is 3.99. The molecule has 1 heterocycles. The fourth-order valence-electron chi connectivity index (χ4n) is 0.944. The van der Waals surface area contributed by atoms with E-state index in [0.29, 0.717) is 12.1 Å². The van der Waals surface area contributed by atoms with Crippen LogP contribution in [0.4, 0.5) is 27.6 Å². The van der Waals surface area contributed by atoms with E-state index in [4.69, 9.17) is 0 Å². The quantitative estimate of drug-likeness (QED) is 0.455. The molecule has 0 aliphatic heterocycles. The molecule has 88 valence electrons. The van der Waals surface area contributed by atoms with Gasteiger partial charge in [0.15, 0.2) is 0 Å². The molecule has 1 aromatic heterocycles. The predicted molar refractivity (Wildman–Crippen MR) is 40.9 cm³/mol. The topological polar surface area (TPSA) is 56.0 Å². The molecule has 0 spiro atoms. The Morgan fingerprint density at radius 3 is 2.25 bits per heavy atom. The summed E-state index contributed by atoms with van der Waals surface area (Å²) in [5.74, 6) is 0. The molecule has 0 amide bonds. The molecule has 0 fully saturated rings. The van der Waals surface area contributed by atoms with Gasteiger partial charge in [0.05, 0.1) is 4.92 Å². The Morgan fingerprint density at radius 1 is 1.31 bits per heavy atom.